The van der Waals surface area contributed by atoms with Gasteiger partial charge in [-0.25, -0.2) is 4.98 Å². The highest BCUT2D eigenvalue weighted by atomic mass is 16.5. The number of aromatic nitrogens is 2. The Labute approximate surface area is 165 Å². The average molecular weight is 379 g/mol. The Balaban J connectivity index is 1.81. The summed E-state index contributed by atoms with van der Waals surface area (Å²) >= 11 is 0. The minimum absolute atomic E-state index is 0.0944. The smallest absolute Gasteiger partial charge is 0.225 e. The number of imidazole rings is 1. The van der Waals surface area contributed by atoms with Crippen LogP contribution >= 0.6 is 0 Å². The third-order valence-corrected chi connectivity index (χ3v) is 4.47. The quantitative estimate of drug-likeness (QED) is 0.652. The molecule has 0 bridgehead atoms. The number of benzene rings is 2. The van der Waals surface area contributed by atoms with Crippen LogP contribution in [-0.4, -0.2) is 29.2 Å². The van der Waals surface area contributed by atoms with Gasteiger partial charge in [0.1, 0.15) is 23.4 Å². The van der Waals surface area contributed by atoms with Crippen LogP contribution in [0.25, 0.3) is 0 Å². The fraction of sp³-hybridized carbons (Fsp3) is 0.273. The molecule has 0 aliphatic heterocycles. The predicted octanol–water partition coefficient (Wildman–Crippen LogP) is 3.28. The molecule has 0 saturated heterocycles. The van der Waals surface area contributed by atoms with E-state index in [0.717, 1.165) is 22.7 Å². The zero-order valence-corrected chi connectivity index (χ0v) is 16.4. The molecule has 3 rings (SSSR count). The van der Waals surface area contributed by atoms with E-state index in [1.165, 1.54) is 0 Å². The first-order valence-corrected chi connectivity index (χ1v) is 9.23. The van der Waals surface area contributed by atoms with Gasteiger partial charge in [0.05, 0.1) is 20.1 Å². The minimum atomic E-state index is -0.411. The van der Waals surface area contributed by atoms with Gasteiger partial charge in [-0.1, -0.05) is 30.3 Å². The van der Waals surface area contributed by atoms with E-state index >= 15 is 0 Å². The standard InChI is InChI=1S/C22H25N3O3/c1-4-28-17-11-9-16(10-12-17)15-20(26)24-21(22-23-13-14-25(22)2)18-7-5-6-8-19(18)27-3/h5-14,21H,4,15H2,1-3H3,(H,24,26). The highest BCUT2D eigenvalue weighted by Crippen LogP contribution is 2.29. The molecule has 1 N–H and O–H groups in total. The fourth-order valence-electron chi connectivity index (χ4n) is 3.11. The zero-order valence-electron chi connectivity index (χ0n) is 16.4. The Kier molecular flexibility index (Phi) is 6.32. The van der Waals surface area contributed by atoms with Crippen LogP contribution in [0, 0.1) is 0 Å². The first-order valence-electron chi connectivity index (χ1n) is 9.23. The summed E-state index contributed by atoms with van der Waals surface area (Å²) < 4.78 is 12.8. The van der Waals surface area contributed by atoms with Crippen molar-refractivity contribution >= 4 is 5.91 Å². The van der Waals surface area contributed by atoms with Gasteiger partial charge in [0.25, 0.3) is 0 Å². The van der Waals surface area contributed by atoms with Crippen LogP contribution in [0.2, 0.25) is 0 Å². The molecule has 1 amide bonds. The topological polar surface area (TPSA) is 65.4 Å². The average Bonchev–Trinajstić information content (AvgIpc) is 3.13. The number of methoxy groups -OCH3 is 1. The molecule has 0 saturated carbocycles. The van der Waals surface area contributed by atoms with Crippen molar-refractivity contribution < 1.29 is 14.3 Å². The van der Waals surface area contributed by atoms with Crippen LogP contribution in [0.15, 0.2) is 60.9 Å². The highest BCUT2D eigenvalue weighted by molar-refractivity contribution is 5.79. The molecule has 2 aromatic carbocycles. The van der Waals surface area contributed by atoms with E-state index in [0.29, 0.717) is 12.4 Å². The monoisotopic (exact) mass is 379 g/mol. The lowest BCUT2D eigenvalue weighted by molar-refractivity contribution is -0.121. The largest absolute Gasteiger partial charge is 0.496 e. The van der Waals surface area contributed by atoms with Gasteiger partial charge in [-0.05, 0) is 30.7 Å². The molecule has 0 radical (unpaired) electrons. The summed E-state index contributed by atoms with van der Waals surface area (Å²) in [6.07, 6.45) is 3.84. The van der Waals surface area contributed by atoms with Gasteiger partial charge in [-0.2, -0.15) is 0 Å². The van der Waals surface area contributed by atoms with Gasteiger partial charge in [-0.15, -0.1) is 0 Å². The number of hydrogen-bond donors (Lipinski definition) is 1. The van der Waals surface area contributed by atoms with Crippen molar-refractivity contribution in [1.82, 2.24) is 14.9 Å². The summed E-state index contributed by atoms with van der Waals surface area (Å²) in [5.41, 5.74) is 1.78. The Morgan fingerprint density at radius 1 is 1.18 bits per heavy atom. The maximum Gasteiger partial charge on any atom is 0.225 e. The number of ether oxygens (including phenoxy) is 2. The van der Waals surface area contributed by atoms with Crippen LogP contribution in [0.5, 0.6) is 11.5 Å². The number of hydrogen-bond acceptors (Lipinski definition) is 4. The van der Waals surface area contributed by atoms with E-state index in [1.54, 1.807) is 13.3 Å². The maximum atomic E-state index is 12.8. The molecule has 0 aliphatic carbocycles. The SMILES string of the molecule is CCOc1ccc(CC(=O)NC(c2ccccc2OC)c2nccn2C)cc1. The van der Waals surface area contributed by atoms with E-state index in [2.05, 4.69) is 10.3 Å². The van der Waals surface area contributed by atoms with Gasteiger partial charge in [-0.3, -0.25) is 4.79 Å². The number of amides is 1. The van der Waals surface area contributed by atoms with Crippen molar-refractivity contribution in [2.24, 2.45) is 7.05 Å². The van der Waals surface area contributed by atoms with Gasteiger partial charge in [0.15, 0.2) is 0 Å². The molecular weight excluding hydrogens is 354 g/mol. The molecule has 146 valence electrons. The fourth-order valence-corrected chi connectivity index (χ4v) is 3.11. The van der Waals surface area contributed by atoms with Crippen LogP contribution in [0.4, 0.5) is 0 Å². The molecule has 1 aromatic heterocycles. The lowest BCUT2D eigenvalue weighted by Crippen LogP contribution is -2.32. The zero-order chi connectivity index (χ0) is 19.9. The predicted molar refractivity (Wildman–Crippen MR) is 108 cm³/mol. The Bertz CT molecular complexity index is 919. The summed E-state index contributed by atoms with van der Waals surface area (Å²) in [5, 5.41) is 3.11. The van der Waals surface area contributed by atoms with Crippen LogP contribution in [0.3, 0.4) is 0 Å². The summed E-state index contributed by atoms with van der Waals surface area (Å²) in [5.74, 6) is 2.15. The molecule has 0 aliphatic rings. The minimum Gasteiger partial charge on any atom is -0.496 e. The lowest BCUT2D eigenvalue weighted by atomic mass is 10.0. The van der Waals surface area contributed by atoms with E-state index in [4.69, 9.17) is 9.47 Å². The summed E-state index contributed by atoms with van der Waals surface area (Å²) in [6, 6.07) is 14.8. The van der Waals surface area contributed by atoms with Crippen LogP contribution < -0.4 is 14.8 Å². The molecular formula is C22H25N3O3. The molecule has 0 spiro atoms. The molecule has 3 aromatic rings. The van der Waals surface area contributed by atoms with Gasteiger partial charge >= 0.3 is 0 Å². The number of carbonyl (C=O) groups is 1. The molecule has 0 fully saturated rings. The van der Waals surface area contributed by atoms with E-state index in [1.807, 2.05) is 73.3 Å². The second-order valence-electron chi connectivity index (χ2n) is 6.39. The number of aryl methyl sites for hydroxylation is 1. The van der Waals surface area contributed by atoms with Crippen molar-refractivity contribution in [2.75, 3.05) is 13.7 Å². The highest BCUT2D eigenvalue weighted by Gasteiger charge is 2.23. The normalized spacial score (nSPS) is 11.7. The number of para-hydroxylation sites is 1. The summed E-state index contributed by atoms with van der Waals surface area (Å²) in [4.78, 5) is 17.2. The van der Waals surface area contributed by atoms with Gasteiger partial charge in [0, 0.05) is 25.0 Å². The van der Waals surface area contributed by atoms with E-state index in [-0.39, 0.29) is 12.3 Å². The Morgan fingerprint density at radius 3 is 2.57 bits per heavy atom. The number of carbonyl (C=O) groups excluding carboxylic acids is 1. The number of rotatable bonds is 8. The molecule has 1 unspecified atom stereocenters. The van der Waals surface area contributed by atoms with Gasteiger partial charge in [0.2, 0.25) is 5.91 Å². The molecule has 1 atom stereocenters. The molecule has 28 heavy (non-hydrogen) atoms. The lowest BCUT2D eigenvalue weighted by Gasteiger charge is -2.21. The second-order valence-corrected chi connectivity index (χ2v) is 6.39. The first-order chi connectivity index (χ1) is 13.6. The molecule has 6 nitrogen and oxygen atoms in total. The number of nitrogens with zero attached hydrogens (tertiary/aromatic N) is 2. The van der Waals surface area contributed by atoms with Crippen molar-refractivity contribution in [3.05, 3.63) is 77.9 Å². The van der Waals surface area contributed by atoms with Crippen LogP contribution in [-0.2, 0) is 18.3 Å². The third kappa shape index (κ3) is 4.52. The Morgan fingerprint density at radius 2 is 1.93 bits per heavy atom. The molecule has 6 heteroatoms. The first kappa shape index (κ1) is 19.5. The summed E-state index contributed by atoms with van der Waals surface area (Å²) in [6.45, 7) is 2.56. The summed E-state index contributed by atoms with van der Waals surface area (Å²) in [7, 11) is 3.53. The van der Waals surface area contributed by atoms with Crippen molar-refractivity contribution in [1.29, 1.82) is 0 Å². The second kappa shape index (κ2) is 9.08. The maximum absolute atomic E-state index is 12.8. The third-order valence-electron chi connectivity index (χ3n) is 4.47. The van der Waals surface area contributed by atoms with Crippen molar-refractivity contribution in [2.45, 2.75) is 19.4 Å². The molecule has 1 heterocycles. The van der Waals surface area contributed by atoms with Gasteiger partial charge < -0.3 is 19.4 Å². The van der Waals surface area contributed by atoms with E-state index in [9.17, 15) is 4.79 Å². The van der Waals surface area contributed by atoms with Crippen molar-refractivity contribution in [3.63, 3.8) is 0 Å². The number of nitrogens with one attached hydrogen (secondary N) is 1. The van der Waals surface area contributed by atoms with E-state index < -0.39 is 6.04 Å². The Hall–Kier alpha value is -3.28. The van der Waals surface area contributed by atoms with Crippen molar-refractivity contribution in [3.8, 4) is 11.5 Å². The van der Waals surface area contributed by atoms with Crippen LogP contribution in [0.1, 0.15) is 29.9 Å².